The van der Waals surface area contributed by atoms with Crippen LogP contribution in [-0.2, 0) is 4.79 Å². The van der Waals surface area contributed by atoms with E-state index in [-0.39, 0.29) is 5.02 Å². The number of hydrogen-bond acceptors (Lipinski definition) is 5. The van der Waals surface area contributed by atoms with Crippen molar-refractivity contribution in [3.63, 3.8) is 0 Å². The molecule has 2 rings (SSSR count). The van der Waals surface area contributed by atoms with Gasteiger partial charge in [0.25, 0.3) is 5.91 Å². The molecule has 1 heterocycles. The minimum absolute atomic E-state index is 0.261. The van der Waals surface area contributed by atoms with Crippen LogP contribution in [0.25, 0.3) is 0 Å². The first-order chi connectivity index (χ1) is 9.95. The van der Waals surface area contributed by atoms with Gasteiger partial charge in [0, 0.05) is 9.95 Å². The fraction of sp³-hybridized carbons (Fsp3) is 0.308. The van der Waals surface area contributed by atoms with Gasteiger partial charge in [0.05, 0.1) is 5.92 Å². The second-order valence-electron chi connectivity index (χ2n) is 4.56. The zero-order valence-electron chi connectivity index (χ0n) is 11.0. The summed E-state index contributed by atoms with van der Waals surface area (Å²) in [5.74, 6) is -1.15. The molecule has 0 radical (unpaired) electrons. The van der Waals surface area contributed by atoms with E-state index < -0.39 is 28.8 Å². The molecule has 0 aromatic heterocycles. The number of nitrogens with zero attached hydrogens (tertiary/aromatic N) is 3. The molecule has 108 valence electrons. The lowest BCUT2D eigenvalue weighted by Crippen LogP contribution is -2.39. The van der Waals surface area contributed by atoms with Gasteiger partial charge in [-0.15, -0.1) is 0 Å². The van der Waals surface area contributed by atoms with Gasteiger partial charge in [-0.1, -0.05) is 29.8 Å². The first-order valence-corrected chi connectivity index (χ1v) is 6.46. The molecule has 0 bridgehead atoms. The summed E-state index contributed by atoms with van der Waals surface area (Å²) in [4.78, 5) is 26.5. The Morgan fingerprint density at radius 2 is 2.19 bits per heavy atom. The van der Waals surface area contributed by atoms with E-state index >= 15 is 0 Å². The van der Waals surface area contributed by atoms with Crippen molar-refractivity contribution in [3.8, 4) is 6.07 Å². The predicted octanol–water partition coefficient (Wildman–Crippen LogP) is 1.51. The highest BCUT2D eigenvalue weighted by Gasteiger charge is 2.45. The number of aliphatic imine (C=N–C) groups is 1. The Hall–Kier alpha value is -2.46. The molecule has 7 nitrogen and oxygen atoms in total. The molecule has 1 aromatic carbocycles. The van der Waals surface area contributed by atoms with Crippen molar-refractivity contribution in [2.24, 2.45) is 4.99 Å². The highest BCUT2D eigenvalue weighted by molar-refractivity contribution is 6.31. The number of nitro groups is 1. The molecule has 3 atom stereocenters. The van der Waals surface area contributed by atoms with Gasteiger partial charge in [0.1, 0.15) is 17.9 Å². The van der Waals surface area contributed by atoms with Gasteiger partial charge >= 0.3 is 6.04 Å². The maximum Gasteiger partial charge on any atom is 0.306 e. The van der Waals surface area contributed by atoms with E-state index in [2.05, 4.69) is 10.3 Å². The molecular formula is C13H11ClN4O3. The van der Waals surface area contributed by atoms with Gasteiger partial charge in [0.15, 0.2) is 0 Å². The van der Waals surface area contributed by atoms with Crippen molar-refractivity contribution in [3.05, 3.63) is 45.0 Å². The minimum Gasteiger partial charge on any atom is -0.313 e. The first kappa shape index (κ1) is 14.9. The topological polar surface area (TPSA) is 108 Å². The van der Waals surface area contributed by atoms with Crippen molar-refractivity contribution in [2.45, 2.75) is 24.9 Å². The van der Waals surface area contributed by atoms with E-state index in [1.165, 1.54) is 0 Å². The summed E-state index contributed by atoms with van der Waals surface area (Å²) in [6.45, 7) is 1.58. The molecular weight excluding hydrogens is 296 g/mol. The average Bonchev–Trinajstić information content (AvgIpc) is 2.75. The second kappa shape index (κ2) is 5.89. The van der Waals surface area contributed by atoms with Crippen LogP contribution in [0.1, 0.15) is 18.4 Å². The molecule has 1 aliphatic heterocycles. The molecule has 0 saturated carbocycles. The number of hydrogen-bond donors (Lipinski definition) is 1. The van der Waals surface area contributed by atoms with Crippen LogP contribution in [0.5, 0.6) is 0 Å². The Kier molecular flexibility index (Phi) is 4.19. The number of carbonyl (C=O) groups excluding carboxylic acids is 1. The molecule has 0 unspecified atom stereocenters. The number of halogens is 1. The number of amidine groups is 1. The van der Waals surface area contributed by atoms with E-state index in [0.717, 1.165) is 0 Å². The number of rotatable bonds is 4. The van der Waals surface area contributed by atoms with Gasteiger partial charge in [0.2, 0.25) is 0 Å². The van der Waals surface area contributed by atoms with Gasteiger partial charge in [-0.3, -0.25) is 19.9 Å². The molecule has 1 amide bonds. The first-order valence-electron chi connectivity index (χ1n) is 6.08. The molecule has 21 heavy (non-hydrogen) atoms. The zero-order chi connectivity index (χ0) is 15.6. The lowest BCUT2D eigenvalue weighted by molar-refractivity contribution is -0.511. The van der Waals surface area contributed by atoms with Crippen LogP contribution in [0.3, 0.4) is 0 Å². The Morgan fingerprint density at radius 1 is 1.52 bits per heavy atom. The van der Waals surface area contributed by atoms with Crippen molar-refractivity contribution in [1.29, 1.82) is 5.26 Å². The predicted molar refractivity (Wildman–Crippen MR) is 75.6 cm³/mol. The second-order valence-corrected chi connectivity index (χ2v) is 4.96. The van der Waals surface area contributed by atoms with Crippen LogP contribution in [0, 0.1) is 21.4 Å². The van der Waals surface area contributed by atoms with E-state index in [0.29, 0.717) is 11.4 Å². The van der Waals surface area contributed by atoms with E-state index in [4.69, 9.17) is 16.9 Å². The third-order valence-corrected chi connectivity index (χ3v) is 3.55. The van der Waals surface area contributed by atoms with Crippen molar-refractivity contribution in [2.75, 3.05) is 0 Å². The van der Waals surface area contributed by atoms with Crippen LogP contribution in [0.15, 0.2) is 29.3 Å². The number of carbonyl (C=O) groups is 1. The van der Waals surface area contributed by atoms with Crippen LogP contribution < -0.4 is 5.32 Å². The van der Waals surface area contributed by atoms with E-state index in [9.17, 15) is 14.9 Å². The standard InChI is InChI=1S/C13H11ClN4O3/c1-7-16-12(13(19)17-7)11(10(6-15)18(20)21)8-4-2-3-5-9(8)14/h2-5,10-12H,1H3,(H,16,17,19)/t10-,11-,12+/m0/s1. The summed E-state index contributed by atoms with van der Waals surface area (Å²) in [7, 11) is 0. The van der Waals surface area contributed by atoms with Crippen LogP contribution >= 0.6 is 11.6 Å². The van der Waals surface area contributed by atoms with E-state index in [1.54, 1.807) is 37.3 Å². The normalized spacial score (nSPS) is 20.1. The fourth-order valence-corrected chi connectivity index (χ4v) is 2.57. The Balaban J connectivity index is 2.55. The van der Waals surface area contributed by atoms with Gasteiger partial charge in [-0.2, -0.15) is 5.26 Å². The lowest BCUT2D eigenvalue weighted by atomic mass is 9.85. The molecule has 0 spiro atoms. The third-order valence-electron chi connectivity index (χ3n) is 3.21. The zero-order valence-corrected chi connectivity index (χ0v) is 11.7. The molecule has 0 fully saturated rings. The van der Waals surface area contributed by atoms with Crippen molar-refractivity contribution < 1.29 is 9.72 Å². The largest absolute Gasteiger partial charge is 0.313 e. The quantitative estimate of drug-likeness (QED) is 0.671. The van der Waals surface area contributed by atoms with Gasteiger partial charge in [-0.25, -0.2) is 0 Å². The monoisotopic (exact) mass is 306 g/mol. The summed E-state index contributed by atoms with van der Waals surface area (Å²) in [5, 5.41) is 23.0. The Labute approximate surface area is 125 Å². The number of amides is 1. The summed E-state index contributed by atoms with van der Waals surface area (Å²) in [6, 6.07) is 5.41. The maximum absolute atomic E-state index is 12.0. The number of nitriles is 1. The Morgan fingerprint density at radius 3 is 2.67 bits per heavy atom. The number of benzene rings is 1. The van der Waals surface area contributed by atoms with Crippen LogP contribution in [-0.4, -0.2) is 28.7 Å². The summed E-state index contributed by atoms with van der Waals surface area (Å²) < 4.78 is 0. The molecule has 1 aliphatic rings. The highest BCUT2D eigenvalue weighted by Crippen LogP contribution is 2.33. The summed E-state index contributed by atoms with van der Waals surface area (Å²) >= 11 is 6.08. The smallest absolute Gasteiger partial charge is 0.306 e. The van der Waals surface area contributed by atoms with Crippen LogP contribution in [0.4, 0.5) is 0 Å². The Bertz CT molecular complexity index is 668. The van der Waals surface area contributed by atoms with Crippen molar-refractivity contribution >= 4 is 23.3 Å². The third kappa shape index (κ3) is 2.85. The molecule has 0 saturated heterocycles. The minimum atomic E-state index is -1.62. The molecule has 8 heteroatoms. The molecule has 0 aliphatic carbocycles. The number of nitrogens with one attached hydrogen (secondary N) is 1. The highest BCUT2D eigenvalue weighted by atomic mass is 35.5. The van der Waals surface area contributed by atoms with Gasteiger partial charge in [-0.05, 0) is 18.6 Å². The summed E-state index contributed by atoms with van der Waals surface area (Å²) in [5.41, 5.74) is 0.362. The fourth-order valence-electron chi connectivity index (χ4n) is 2.31. The SMILES string of the molecule is CC1=N[C@H]([C@@H](c2ccccc2Cl)[C@H](C#N)[N+](=O)[O-])C(=O)N1. The average molecular weight is 307 g/mol. The van der Waals surface area contributed by atoms with Crippen molar-refractivity contribution in [1.82, 2.24) is 5.32 Å². The van der Waals surface area contributed by atoms with Crippen LogP contribution in [0.2, 0.25) is 5.02 Å². The molecule has 1 aromatic rings. The lowest BCUT2D eigenvalue weighted by Gasteiger charge is -2.20. The molecule has 1 N–H and O–H groups in total. The summed E-state index contributed by atoms with van der Waals surface area (Å²) in [6.07, 6.45) is 0. The maximum atomic E-state index is 12.0. The van der Waals surface area contributed by atoms with Gasteiger partial charge < -0.3 is 5.32 Å². The van der Waals surface area contributed by atoms with E-state index in [1.807, 2.05) is 0 Å².